The van der Waals surface area contributed by atoms with E-state index in [4.69, 9.17) is 4.74 Å². The van der Waals surface area contributed by atoms with E-state index in [9.17, 15) is 23.1 Å². The maximum Gasteiger partial charge on any atom is 0.416 e. The van der Waals surface area contributed by atoms with E-state index in [1.165, 1.54) is 18.2 Å². The molecule has 7 heteroatoms. The number of aromatic hydroxyl groups is 1. The van der Waals surface area contributed by atoms with Crippen LogP contribution in [0.5, 0.6) is 5.75 Å². The topological polar surface area (TPSA) is 62.3 Å². The minimum absolute atomic E-state index is 0.00691. The number of carbonyl (C=O) groups is 1. The number of hydrogen-bond acceptors (Lipinski definition) is 3. The van der Waals surface area contributed by atoms with Crippen LogP contribution in [0.3, 0.4) is 0 Å². The van der Waals surface area contributed by atoms with Crippen molar-refractivity contribution in [1.82, 2.24) is 4.98 Å². The minimum Gasteiger partial charge on any atom is -0.508 e. The lowest BCUT2D eigenvalue weighted by Gasteiger charge is -2.17. The molecule has 3 aromatic rings. The van der Waals surface area contributed by atoms with E-state index in [1.807, 2.05) is 0 Å². The summed E-state index contributed by atoms with van der Waals surface area (Å²) >= 11 is 0. The summed E-state index contributed by atoms with van der Waals surface area (Å²) in [5.74, 6) is -0.826. The van der Waals surface area contributed by atoms with E-state index in [1.54, 1.807) is 25.3 Å². The predicted octanol–water partition coefficient (Wildman–Crippen LogP) is 4.98. The second kappa shape index (κ2) is 7.34. The van der Waals surface area contributed by atoms with Crippen molar-refractivity contribution in [2.45, 2.75) is 25.4 Å². The number of aromatic nitrogens is 1. The van der Waals surface area contributed by atoms with E-state index >= 15 is 0 Å². The van der Waals surface area contributed by atoms with Gasteiger partial charge in [-0.25, -0.2) is 0 Å². The van der Waals surface area contributed by atoms with Gasteiger partial charge in [-0.05, 0) is 42.3 Å². The minimum atomic E-state index is -4.42. The molecule has 3 rings (SSSR count). The van der Waals surface area contributed by atoms with Crippen LogP contribution in [0.15, 0.2) is 48.7 Å². The van der Waals surface area contributed by atoms with Gasteiger partial charge in [-0.1, -0.05) is 12.1 Å². The van der Waals surface area contributed by atoms with Gasteiger partial charge in [0.05, 0.1) is 18.6 Å². The van der Waals surface area contributed by atoms with Crippen LogP contribution in [0.1, 0.15) is 36.0 Å². The molecular formula is C20H18F3NO3. The van der Waals surface area contributed by atoms with Crippen LogP contribution in [-0.4, -0.2) is 22.7 Å². The van der Waals surface area contributed by atoms with E-state index in [0.29, 0.717) is 11.1 Å². The third-order valence-electron chi connectivity index (χ3n) is 4.39. The second-order valence-electron chi connectivity index (χ2n) is 6.16. The molecule has 142 valence electrons. The number of hydrogen-bond donors (Lipinski definition) is 2. The monoisotopic (exact) mass is 377 g/mol. The SMILES string of the molecule is CCOC(=O)CC(c1ccc(C(F)(F)F)cc1)c1c[nH]c2cc(O)ccc12. The normalized spacial score (nSPS) is 12.9. The standard InChI is InChI=1S/C20H18F3NO3/c1-2-27-19(26)10-16(12-3-5-13(6-4-12)20(21,22)23)17-11-24-18-9-14(25)7-8-15(17)18/h3-9,11,16,24-25H,2,10H2,1H3. The second-order valence-corrected chi connectivity index (χ2v) is 6.16. The fourth-order valence-electron chi connectivity index (χ4n) is 3.12. The van der Waals surface area contributed by atoms with E-state index in [0.717, 1.165) is 23.1 Å². The average molecular weight is 377 g/mol. The molecule has 1 atom stereocenters. The summed E-state index contributed by atoms with van der Waals surface area (Å²) < 4.78 is 43.6. The Kier molecular flexibility index (Phi) is 5.12. The molecule has 1 aromatic heterocycles. The molecule has 2 N–H and O–H groups in total. The Labute approximate surface area is 153 Å². The lowest BCUT2D eigenvalue weighted by atomic mass is 9.88. The maximum atomic E-state index is 12.8. The quantitative estimate of drug-likeness (QED) is 0.617. The number of esters is 1. The number of halogens is 3. The number of alkyl halides is 3. The number of phenols is 1. The van der Waals surface area contributed by atoms with Gasteiger partial charge in [-0.2, -0.15) is 13.2 Å². The van der Waals surface area contributed by atoms with Crippen LogP contribution in [0, 0.1) is 0 Å². The van der Waals surface area contributed by atoms with E-state index in [2.05, 4.69) is 4.98 Å². The molecular weight excluding hydrogens is 359 g/mol. The van der Waals surface area contributed by atoms with Gasteiger partial charge in [0.1, 0.15) is 5.75 Å². The zero-order valence-corrected chi connectivity index (χ0v) is 14.5. The van der Waals surface area contributed by atoms with Crippen LogP contribution in [0.25, 0.3) is 10.9 Å². The lowest BCUT2D eigenvalue weighted by molar-refractivity contribution is -0.143. The molecule has 27 heavy (non-hydrogen) atoms. The third kappa shape index (κ3) is 4.07. The maximum absolute atomic E-state index is 12.8. The van der Waals surface area contributed by atoms with Gasteiger partial charge < -0.3 is 14.8 Å². The lowest BCUT2D eigenvalue weighted by Crippen LogP contribution is -2.12. The Morgan fingerprint density at radius 2 is 1.89 bits per heavy atom. The first-order chi connectivity index (χ1) is 12.8. The molecule has 4 nitrogen and oxygen atoms in total. The van der Waals surface area contributed by atoms with Crippen LogP contribution < -0.4 is 0 Å². The van der Waals surface area contributed by atoms with E-state index < -0.39 is 23.6 Å². The molecule has 0 spiro atoms. The number of fused-ring (bicyclic) bond motifs is 1. The highest BCUT2D eigenvalue weighted by atomic mass is 19.4. The first kappa shape index (κ1) is 18.8. The zero-order valence-electron chi connectivity index (χ0n) is 14.5. The summed E-state index contributed by atoms with van der Waals surface area (Å²) in [6.07, 6.45) is -2.73. The zero-order chi connectivity index (χ0) is 19.6. The van der Waals surface area contributed by atoms with Crippen molar-refractivity contribution in [3.05, 3.63) is 65.4 Å². The first-order valence-electron chi connectivity index (χ1n) is 8.42. The van der Waals surface area contributed by atoms with Crippen molar-refractivity contribution < 1.29 is 27.8 Å². The van der Waals surface area contributed by atoms with E-state index in [-0.39, 0.29) is 18.8 Å². The van der Waals surface area contributed by atoms with Crippen LogP contribution in [0.4, 0.5) is 13.2 Å². The van der Waals surface area contributed by atoms with Gasteiger partial charge in [0.15, 0.2) is 0 Å². The summed E-state index contributed by atoms with van der Waals surface area (Å²) in [6.45, 7) is 1.92. The van der Waals surface area contributed by atoms with Crippen LogP contribution in [0.2, 0.25) is 0 Å². The Hall–Kier alpha value is -2.96. The fraction of sp³-hybridized carbons (Fsp3) is 0.250. The van der Waals surface area contributed by atoms with Crippen molar-refractivity contribution in [3.63, 3.8) is 0 Å². The Balaban J connectivity index is 2.04. The first-order valence-corrected chi connectivity index (χ1v) is 8.42. The average Bonchev–Trinajstić information content (AvgIpc) is 3.02. The molecule has 0 aliphatic heterocycles. The van der Waals surface area contributed by atoms with Crippen LogP contribution in [-0.2, 0) is 15.7 Å². The molecule has 1 heterocycles. The highest BCUT2D eigenvalue weighted by molar-refractivity contribution is 5.86. The molecule has 1 unspecified atom stereocenters. The highest BCUT2D eigenvalue weighted by Crippen LogP contribution is 2.36. The number of H-pyrrole nitrogens is 1. The molecule has 0 bridgehead atoms. The van der Waals surface area contributed by atoms with Crippen molar-refractivity contribution in [2.24, 2.45) is 0 Å². The van der Waals surface area contributed by atoms with Gasteiger partial charge in [0, 0.05) is 29.1 Å². The van der Waals surface area contributed by atoms with Gasteiger partial charge in [-0.3, -0.25) is 4.79 Å². The third-order valence-corrected chi connectivity index (χ3v) is 4.39. The largest absolute Gasteiger partial charge is 0.508 e. The number of benzene rings is 2. The molecule has 0 radical (unpaired) electrons. The molecule has 0 amide bonds. The molecule has 0 aliphatic rings. The molecule has 0 saturated heterocycles. The number of phenolic OH excluding ortho intramolecular Hbond substituents is 1. The smallest absolute Gasteiger partial charge is 0.416 e. The fourth-order valence-corrected chi connectivity index (χ4v) is 3.12. The van der Waals surface area contributed by atoms with Crippen LogP contribution >= 0.6 is 0 Å². The Morgan fingerprint density at radius 3 is 2.52 bits per heavy atom. The highest BCUT2D eigenvalue weighted by Gasteiger charge is 2.31. The molecule has 0 saturated carbocycles. The Morgan fingerprint density at radius 1 is 1.19 bits per heavy atom. The van der Waals surface area contributed by atoms with Gasteiger partial charge in [0.2, 0.25) is 0 Å². The Bertz CT molecular complexity index is 945. The summed E-state index contributed by atoms with van der Waals surface area (Å²) in [5.41, 5.74) is 1.25. The number of rotatable bonds is 5. The number of aromatic amines is 1. The number of carbonyl (C=O) groups excluding carboxylic acids is 1. The summed E-state index contributed by atoms with van der Waals surface area (Å²) in [5, 5.41) is 10.4. The summed E-state index contributed by atoms with van der Waals surface area (Å²) in [4.78, 5) is 15.1. The van der Waals surface area contributed by atoms with Gasteiger partial charge in [0.25, 0.3) is 0 Å². The predicted molar refractivity (Wildman–Crippen MR) is 94.5 cm³/mol. The van der Waals surface area contributed by atoms with Crippen molar-refractivity contribution in [2.75, 3.05) is 6.61 Å². The molecule has 0 fully saturated rings. The summed E-state index contributed by atoms with van der Waals surface area (Å²) in [6, 6.07) is 9.56. The van der Waals surface area contributed by atoms with Crippen molar-refractivity contribution in [3.8, 4) is 5.75 Å². The molecule has 0 aliphatic carbocycles. The molecule has 2 aromatic carbocycles. The van der Waals surface area contributed by atoms with Crippen molar-refractivity contribution >= 4 is 16.9 Å². The summed E-state index contributed by atoms with van der Waals surface area (Å²) in [7, 11) is 0. The van der Waals surface area contributed by atoms with Crippen molar-refractivity contribution in [1.29, 1.82) is 0 Å². The number of ether oxygens (including phenoxy) is 1. The number of nitrogens with one attached hydrogen (secondary N) is 1. The van der Waals surface area contributed by atoms with Gasteiger partial charge in [-0.15, -0.1) is 0 Å². The van der Waals surface area contributed by atoms with Gasteiger partial charge >= 0.3 is 12.1 Å².